The Morgan fingerprint density at radius 2 is 2.00 bits per heavy atom. The molecule has 2 bridgehead atoms. The first kappa shape index (κ1) is 11.8. The van der Waals surface area contributed by atoms with Crippen LogP contribution in [0.25, 0.3) is 0 Å². The molecule has 3 rings (SSSR count). The van der Waals surface area contributed by atoms with Crippen molar-refractivity contribution in [1.29, 1.82) is 0 Å². The van der Waals surface area contributed by atoms with Crippen molar-refractivity contribution < 1.29 is 13.3 Å². The zero-order valence-electron chi connectivity index (χ0n) is 9.08. The van der Waals surface area contributed by atoms with E-state index in [1.807, 2.05) is 0 Å². The molecule has 3 aliphatic rings. The fourth-order valence-corrected chi connectivity index (χ4v) is 4.54. The number of alkyl halides is 1. The standard InChI is InChI=1S/C9H18ClNO3Si/c1-2-15-12-5-3-11(4-6-13-15)8-9(7-10)14-15/h9H,2-8H2,1H3. The topological polar surface area (TPSA) is 30.9 Å². The maximum atomic E-state index is 5.97. The van der Waals surface area contributed by atoms with Crippen molar-refractivity contribution >= 4 is 20.4 Å². The average Bonchev–Trinajstić information content (AvgIpc) is 2.16. The normalized spacial score (nSPS) is 42.0. The van der Waals surface area contributed by atoms with Crippen LogP contribution in [0, 0.1) is 0 Å². The molecule has 3 aliphatic heterocycles. The molecule has 0 N–H and O–H groups in total. The minimum absolute atomic E-state index is 0.0545. The molecule has 15 heavy (non-hydrogen) atoms. The third-order valence-corrected chi connectivity index (χ3v) is 6.06. The summed E-state index contributed by atoms with van der Waals surface area (Å²) in [6.45, 7) is 6.34. The molecule has 88 valence electrons. The van der Waals surface area contributed by atoms with Gasteiger partial charge in [-0.15, -0.1) is 11.6 Å². The van der Waals surface area contributed by atoms with E-state index in [2.05, 4.69) is 11.8 Å². The third-order valence-electron chi connectivity index (χ3n) is 2.87. The number of halogens is 1. The van der Waals surface area contributed by atoms with E-state index in [9.17, 15) is 0 Å². The van der Waals surface area contributed by atoms with E-state index in [1.165, 1.54) is 0 Å². The molecule has 0 aromatic heterocycles. The highest BCUT2D eigenvalue weighted by Gasteiger charge is 2.44. The van der Waals surface area contributed by atoms with Crippen molar-refractivity contribution in [2.75, 3.05) is 38.7 Å². The van der Waals surface area contributed by atoms with Gasteiger partial charge in [0.05, 0.1) is 19.3 Å². The summed E-state index contributed by atoms with van der Waals surface area (Å²) in [4.78, 5) is 2.29. The zero-order chi connectivity index (χ0) is 10.7. The van der Waals surface area contributed by atoms with Crippen LogP contribution in [0.15, 0.2) is 0 Å². The summed E-state index contributed by atoms with van der Waals surface area (Å²) in [6.07, 6.45) is 0.0545. The molecule has 0 aromatic carbocycles. The Balaban J connectivity index is 2.13. The SMILES string of the molecule is CC[Si]12OCCN(CCO1)CC(CCl)O2. The van der Waals surface area contributed by atoms with Gasteiger partial charge in [-0.3, -0.25) is 4.90 Å². The van der Waals surface area contributed by atoms with Gasteiger partial charge in [0.2, 0.25) is 0 Å². The van der Waals surface area contributed by atoms with Gasteiger partial charge in [-0.25, -0.2) is 0 Å². The van der Waals surface area contributed by atoms with Gasteiger partial charge >= 0.3 is 8.80 Å². The summed E-state index contributed by atoms with van der Waals surface area (Å²) < 4.78 is 17.6. The summed E-state index contributed by atoms with van der Waals surface area (Å²) in [5.41, 5.74) is 0. The lowest BCUT2D eigenvalue weighted by molar-refractivity contribution is -0.0338. The van der Waals surface area contributed by atoms with E-state index in [0.29, 0.717) is 5.88 Å². The highest BCUT2D eigenvalue weighted by Crippen LogP contribution is 2.22. The Morgan fingerprint density at radius 1 is 1.33 bits per heavy atom. The van der Waals surface area contributed by atoms with Crippen molar-refractivity contribution in [3.63, 3.8) is 0 Å². The predicted molar refractivity (Wildman–Crippen MR) is 60.2 cm³/mol. The number of nitrogens with zero attached hydrogens (tertiary/aromatic N) is 1. The molecular weight excluding hydrogens is 234 g/mol. The van der Waals surface area contributed by atoms with Gasteiger partial charge in [0.1, 0.15) is 0 Å². The molecule has 0 spiro atoms. The van der Waals surface area contributed by atoms with Crippen LogP contribution in [0.3, 0.4) is 0 Å². The number of hydrogen-bond acceptors (Lipinski definition) is 4. The van der Waals surface area contributed by atoms with Crippen LogP contribution in [0.2, 0.25) is 6.04 Å². The molecule has 0 aliphatic carbocycles. The first-order valence-corrected chi connectivity index (χ1v) is 7.98. The Morgan fingerprint density at radius 3 is 2.53 bits per heavy atom. The van der Waals surface area contributed by atoms with Gasteiger partial charge in [0.15, 0.2) is 0 Å². The molecule has 1 atom stereocenters. The Hall–Kier alpha value is 0.347. The van der Waals surface area contributed by atoms with Crippen LogP contribution in [-0.4, -0.2) is 58.5 Å². The zero-order valence-corrected chi connectivity index (χ0v) is 10.8. The van der Waals surface area contributed by atoms with E-state index < -0.39 is 8.80 Å². The minimum Gasteiger partial charge on any atom is -0.372 e. The van der Waals surface area contributed by atoms with Crippen LogP contribution >= 0.6 is 11.6 Å². The maximum absolute atomic E-state index is 5.97. The van der Waals surface area contributed by atoms with Crippen LogP contribution in [-0.2, 0) is 13.3 Å². The minimum atomic E-state index is -2.40. The van der Waals surface area contributed by atoms with Crippen LogP contribution in [0.1, 0.15) is 6.92 Å². The summed E-state index contributed by atoms with van der Waals surface area (Å²) in [7, 11) is -2.40. The van der Waals surface area contributed by atoms with E-state index in [1.54, 1.807) is 0 Å². The maximum Gasteiger partial charge on any atom is 0.501 e. The summed E-state index contributed by atoms with van der Waals surface area (Å²) in [5.74, 6) is 0.512. The molecule has 0 saturated carbocycles. The molecular formula is C9H18ClNO3Si. The van der Waals surface area contributed by atoms with Crippen molar-refractivity contribution in [2.24, 2.45) is 0 Å². The fraction of sp³-hybridized carbons (Fsp3) is 1.00. The molecule has 0 radical (unpaired) electrons. The largest absolute Gasteiger partial charge is 0.501 e. The molecule has 3 heterocycles. The van der Waals surface area contributed by atoms with Gasteiger partial charge < -0.3 is 13.3 Å². The van der Waals surface area contributed by atoms with E-state index in [-0.39, 0.29) is 6.10 Å². The second-order valence-electron chi connectivity index (χ2n) is 3.93. The van der Waals surface area contributed by atoms with Gasteiger partial charge in [-0.1, -0.05) is 6.92 Å². The van der Waals surface area contributed by atoms with E-state index >= 15 is 0 Å². The first-order valence-electron chi connectivity index (χ1n) is 5.52. The van der Waals surface area contributed by atoms with Gasteiger partial charge in [0, 0.05) is 31.6 Å². The third kappa shape index (κ3) is 2.72. The van der Waals surface area contributed by atoms with Crippen LogP contribution in [0.4, 0.5) is 0 Å². The average molecular weight is 252 g/mol. The van der Waals surface area contributed by atoms with Gasteiger partial charge in [-0.2, -0.15) is 0 Å². The molecule has 0 amide bonds. The smallest absolute Gasteiger partial charge is 0.372 e. The van der Waals surface area contributed by atoms with E-state index in [0.717, 1.165) is 38.9 Å². The molecule has 3 saturated heterocycles. The molecule has 1 unspecified atom stereocenters. The Kier molecular flexibility index (Phi) is 4.03. The second kappa shape index (κ2) is 5.12. The van der Waals surface area contributed by atoms with E-state index in [4.69, 9.17) is 24.9 Å². The van der Waals surface area contributed by atoms with Crippen LogP contribution in [0.5, 0.6) is 0 Å². The lowest BCUT2D eigenvalue weighted by atomic mass is 10.3. The van der Waals surface area contributed by atoms with Crippen molar-refractivity contribution in [3.8, 4) is 0 Å². The highest BCUT2D eigenvalue weighted by atomic mass is 35.5. The summed E-state index contributed by atoms with van der Waals surface area (Å²) in [6, 6.07) is 0.834. The molecule has 6 heteroatoms. The van der Waals surface area contributed by atoms with Crippen molar-refractivity contribution in [1.82, 2.24) is 4.90 Å². The van der Waals surface area contributed by atoms with Crippen molar-refractivity contribution in [2.45, 2.75) is 19.1 Å². The number of rotatable bonds is 2. The molecule has 4 nitrogen and oxygen atoms in total. The predicted octanol–water partition coefficient (Wildman–Crippen LogP) is 0.932. The lowest BCUT2D eigenvalue weighted by Gasteiger charge is -2.40. The highest BCUT2D eigenvalue weighted by molar-refractivity contribution is 6.60. The van der Waals surface area contributed by atoms with Gasteiger partial charge in [-0.05, 0) is 0 Å². The lowest BCUT2D eigenvalue weighted by Crippen LogP contribution is -2.58. The first-order chi connectivity index (χ1) is 7.28. The van der Waals surface area contributed by atoms with Crippen LogP contribution < -0.4 is 0 Å². The quantitative estimate of drug-likeness (QED) is 0.540. The summed E-state index contributed by atoms with van der Waals surface area (Å²) in [5, 5.41) is 0. The van der Waals surface area contributed by atoms with Gasteiger partial charge in [0.25, 0.3) is 0 Å². The molecule has 3 fully saturated rings. The molecule has 0 aromatic rings. The number of hydrogen-bond donors (Lipinski definition) is 0. The second-order valence-corrected chi connectivity index (χ2v) is 7.12. The Bertz CT molecular complexity index is 210. The Labute approximate surface area is 96.8 Å². The summed E-state index contributed by atoms with van der Waals surface area (Å²) >= 11 is 5.90. The van der Waals surface area contributed by atoms with Crippen molar-refractivity contribution in [3.05, 3.63) is 0 Å². The fourth-order valence-electron chi connectivity index (χ4n) is 2.01. The number of fused-ring (bicyclic) bond motifs is 6. The monoisotopic (exact) mass is 251 g/mol.